The molecule has 3 N–H and O–H groups in total. The average Bonchev–Trinajstić information content (AvgIpc) is 2.28. The molecule has 1 atom stereocenters. The largest absolute Gasteiger partial charge is 0.293 e. The van der Waals surface area contributed by atoms with Crippen LogP contribution in [0.5, 0.6) is 0 Å². The number of hydrogen-bond acceptors (Lipinski definition) is 3. The minimum absolute atomic E-state index is 0.150. The van der Waals surface area contributed by atoms with Crippen LogP contribution in [0, 0.1) is 5.92 Å². The van der Waals surface area contributed by atoms with Crippen LogP contribution in [0.2, 0.25) is 0 Å². The van der Waals surface area contributed by atoms with Crippen LogP contribution in [-0.4, -0.2) is 23.9 Å². The maximum absolute atomic E-state index is 11.8. The van der Waals surface area contributed by atoms with Crippen molar-refractivity contribution in [3.63, 3.8) is 0 Å². The summed E-state index contributed by atoms with van der Waals surface area (Å²) in [7, 11) is 1.93. The Bertz CT molecular complexity index is 409. The molecule has 0 bridgehead atoms. The number of carbonyl (C=O) groups is 1. The number of amides is 1. The highest BCUT2D eigenvalue weighted by molar-refractivity contribution is 9.10. The zero-order chi connectivity index (χ0) is 13.7. The van der Waals surface area contributed by atoms with Gasteiger partial charge in [-0.15, -0.1) is 0 Å². The maximum atomic E-state index is 11.8. The molecule has 0 heterocycles. The number of nitrogens with zero attached hydrogens (tertiary/aromatic N) is 1. The van der Waals surface area contributed by atoms with Crippen LogP contribution in [0.25, 0.3) is 0 Å². The van der Waals surface area contributed by atoms with Gasteiger partial charge in [-0.05, 0) is 30.7 Å². The second-order valence-corrected chi connectivity index (χ2v) is 5.66. The third-order valence-corrected chi connectivity index (χ3v) is 3.33. The van der Waals surface area contributed by atoms with E-state index in [0.717, 1.165) is 10.0 Å². The quantitative estimate of drug-likeness (QED) is 0.496. The van der Waals surface area contributed by atoms with Crippen molar-refractivity contribution < 1.29 is 4.79 Å². The van der Waals surface area contributed by atoms with Crippen molar-refractivity contribution >= 4 is 21.8 Å². The number of likely N-dealkylation sites (N-methyl/N-ethyl adjacent to an activating group) is 1. The third-order valence-electron chi connectivity index (χ3n) is 2.84. The molecular weight excluding hydrogens is 294 g/mol. The summed E-state index contributed by atoms with van der Waals surface area (Å²) in [5.41, 5.74) is 3.39. The first-order chi connectivity index (χ1) is 8.45. The first-order valence-electron chi connectivity index (χ1n) is 5.91. The van der Waals surface area contributed by atoms with Crippen molar-refractivity contribution in [3.8, 4) is 0 Å². The monoisotopic (exact) mass is 313 g/mol. The zero-order valence-corrected chi connectivity index (χ0v) is 12.6. The average molecular weight is 314 g/mol. The van der Waals surface area contributed by atoms with Gasteiger partial charge in [-0.25, -0.2) is 5.84 Å². The Morgan fingerprint density at radius 1 is 1.50 bits per heavy atom. The van der Waals surface area contributed by atoms with Gasteiger partial charge in [-0.2, -0.15) is 0 Å². The van der Waals surface area contributed by atoms with Crippen molar-refractivity contribution in [2.24, 2.45) is 11.8 Å². The van der Waals surface area contributed by atoms with Gasteiger partial charge in [0, 0.05) is 11.0 Å². The Morgan fingerprint density at radius 3 is 2.67 bits per heavy atom. The second kappa shape index (κ2) is 6.87. The highest BCUT2D eigenvalue weighted by Gasteiger charge is 2.25. The number of halogens is 1. The van der Waals surface area contributed by atoms with Crippen LogP contribution < -0.4 is 11.3 Å². The molecule has 100 valence electrons. The summed E-state index contributed by atoms with van der Waals surface area (Å²) in [5, 5.41) is 0. The topological polar surface area (TPSA) is 58.4 Å². The highest BCUT2D eigenvalue weighted by atomic mass is 79.9. The van der Waals surface area contributed by atoms with Crippen LogP contribution >= 0.6 is 15.9 Å². The molecule has 0 fully saturated rings. The number of nitrogens with two attached hydrogens (primary N) is 1. The van der Waals surface area contributed by atoms with Gasteiger partial charge in [0.25, 0.3) is 5.91 Å². The molecule has 1 aromatic rings. The van der Waals surface area contributed by atoms with E-state index in [-0.39, 0.29) is 17.9 Å². The summed E-state index contributed by atoms with van der Waals surface area (Å²) in [4.78, 5) is 13.8. The molecule has 0 radical (unpaired) electrons. The predicted octanol–water partition coefficient (Wildman–Crippen LogP) is 1.90. The Hall–Kier alpha value is -0.910. The molecular formula is C13H20BrN3O. The number of hydrazine groups is 1. The fraction of sp³-hybridized carbons (Fsp3) is 0.462. The van der Waals surface area contributed by atoms with Gasteiger partial charge in [0.05, 0.1) is 6.04 Å². The van der Waals surface area contributed by atoms with Crippen molar-refractivity contribution in [1.29, 1.82) is 0 Å². The van der Waals surface area contributed by atoms with Crippen molar-refractivity contribution in [1.82, 2.24) is 10.3 Å². The minimum Gasteiger partial charge on any atom is -0.293 e. The number of hydrogen-bond donors (Lipinski definition) is 2. The SMILES string of the molecule is CC(C)C(C(=O)NN)N(C)Cc1cccc(Br)c1. The van der Waals surface area contributed by atoms with Gasteiger partial charge in [0.1, 0.15) is 0 Å². The zero-order valence-electron chi connectivity index (χ0n) is 11.0. The summed E-state index contributed by atoms with van der Waals surface area (Å²) < 4.78 is 1.04. The van der Waals surface area contributed by atoms with E-state index in [1.54, 1.807) is 0 Å². The maximum Gasteiger partial charge on any atom is 0.251 e. The molecule has 18 heavy (non-hydrogen) atoms. The summed E-state index contributed by atoms with van der Waals surface area (Å²) in [6.07, 6.45) is 0. The van der Waals surface area contributed by atoms with Gasteiger partial charge in [0.2, 0.25) is 0 Å². The number of rotatable bonds is 5. The lowest BCUT2D eigenvalue weighted by molar-refractivity contribution is -0.127. The lowest BCUT2D eigenvalue weighted by atomic mass is 10.0. The minimum atomic E-state index is -0.228. The molecule has 0 spiro atoms. The second-order valence-electron chi connectivity index (χ2n) is 4.74. The summed E-state index contributed by atoms with van der Waals surface area (Å²) in [6.45, 7) is 4.73. The third kappa shape index (κ3) is 4.08. The van der Waals surface area contributed by atoms with Crippen LogP contribution in [0.1, 0.15) is 19.4 Å². The summed E-state index contributed by atoms with van der Waals surface area (Å²) in [5.74, 6) is 5.28. The van der Waals surface area contributed by atoms with E-state index in [9.17, 15) is 4.79 Å². The smallest absolute Gasteiger partial charge is 0.251 e. The van der Waals surface area contributed by atoms with Gasteiger partial charge < -0.3 is 0 Å². The Balaban J connectivity index is 2.78. The molecule has 0 saturated heterocycles. The lowest BCUT2D eigenvalue weighted by Gasteiger charge is -2.29. The molecule has 0 aliphatic carbocycles. The van der Waals surface area contributed by atoms with Crippen LogP contribution in [0.4, 0.5) is 0 Å². The molecule has 0 aromatic heterocycles. The summed E-state index contributed by atoms with van der Waals surface area (Å²) in [6, 6.07) is 7.83. The normalized spacial score (nSPS) is 12.8. The standard InChI is InChI=1S/C13H20BrN3O/c1-9(2)12(13(18)16-15)17(3)8-10-5-4-6-11(14)7-10/h4-7,9,12H,8,15H2,1-3H3,(H,16,18). The Kier molecular flexibility index (Phi) is 5.78. The predicted molar refractivity (Wildman–Crippen MR) is 76.6 cm³/mol. The van der Waals surface area contributed by atoms with Crippen molar-refractivity contribution in [3.05, 3.63) is 34.3 Å². The van der Waals surface area contributed by atoms with E-state index in [1.807, 2.05) is 50.1 Å². The van der Waals surface area contributed by atoms with E-state index < -0.39 is 0 Å². The first-order valence-corrected chi connectivity index (χ1v) is 6.70. The van der Waals surface area contributed by atoms with E-state index in [0.29, 0.717) is 6.54 Å². The first kappa shape index (κ1) is 15.1. The molecule has 5 heteroatoms. The lowest BCUT2D eigenvalue weighted by Crippen LogP contribution is -2.50. The molecule has 0 aliphatic rings. The van der Waals surface area contributed by atoms with Gasteiger partial charge >= 0.3 is 0 Å². The Morgan fingerprint density at radius 2 is 2.17 bits per heavy atom. The van der Waals surface area contributed by atoms with E-state index >= 15 is 0 Å². The van der Waals surface area contributed by atoms with E-state index in [2.05, 4.69) is 21.4 Å². The van der Waals surface area contributed by atoms with Gasteiger partial charge in [0.15, 0.2) is 0 Å². The van der Waals surface area contributed by atoms with Crippen molar-refractivity contribution in [2.75, 3.05) is 7.05 Å². The molecule has 0 aliphatic heterocycles. The molecule has 4 nitrogen and oxygen atoms in total. The van der Waals surface area contributed by atoms with Crippen LogP contribution in [-0.2, 0) is 11.3 Å². The molecule has 1 unspecified atom stereocenters. The highest BCUT2D eigenvalue weighted by Crippen LogP contribution is 2.16. The number of nitrogens with one attached hydrogen (secondary N) is 1. The number of benzene rings is 1. The van der Waals surface area contributed by atoms with Crippen molar-refractivity contribution in [2.45, 2.75) is 26.4 Å². The molecule has 0 saturated carbocycles. The molecule has 1 rings (SSSR count). The molecule has 1 aromatic carbocycles. The number of carbonyl (C=O) groups excluding carboxylic acids is 1. The Labute approximate surface area is 117 Å². The van der Waals surface area contributed by atoms with Gasteiger partial charge in [-0.3, -0.25) is 15.1 Å². The fourth-order valence-electron chi connectivity index (χ4n) is 2.12. The van der Waals surface area contributed by atoms with E-state index in [4.69, 9.17) is 5.84 Å². The van der Waals surface area contributed by atoms with Crippen LogP contribution in [0.15, 0.2) is 28.7 Å². The molecule has 1 amide bonds. The van der Waals surface area contributed by atoms with Crippen LogP contribution in [0.3, 0.4) is 0 Å². The fourth-order valence-corrected chi connectivity index (χ4v) is 2.57. The van der Waals surface area contributed by atoms with Gasteiger partial charge in [-0.1, -0.05) is 41.9 Å². The van der Waals surface area contributed by atoms with E-state index in [1.165, 1.54) is 0 Å². The summed E-state index contributed by atoms with van der Waals surface area (Å²) >= 11 is 3.44.